The predicted octanol–water partition coefficient (Wildman–Crippen LogP) is -1.27. The van der Waals surface area contributed by atoms with Gasteiger partial charge in [0.2, 0.25) is 5.89 Å². The highest BCUT2D eigenvalue weighted by atomic mass is 32.2. The van der Waals surface area contributed by atoms with Crippen LogP contribution in [0.1, 0.15) is 12.3 Å². The summed E-state index contributed by atoms with van der Waals surface area (Å²) in [5.41, 5.74) is 5.31. The van der Waals surface area contributed by atoms with Crippen molar-refractivity contribution in [2.75, 3.05) is 26.7 Å². The van der Waals surface area contributed by atoms with E-state index < -0.39 is 10.2 Å². The number of nitrogens with two attached hydrogens (primary N) is 1. The maximum Gasteiger partial charge on any atom is 0.279 e. The molecule has 0 bridgehead atoms. The van der Waals surface area contributed by atoms with E-state index in [4.69, 9.17) is 10.3 Å². The summed E-state index contributed by atoms with van der Waals surface area (Å²) >= 11 is 0. The Morgan fingerprint density at radius 2 is 2.35 bits per heavy atom. The topological polar surface area (TPSA) is 114 Å². The van der Waals surface area contributed by atoms with Crippen LogP contribution in [0.4, 0.5) is 0 Å². The Kier molecular flexibility index (Phi) is 5.48. The van der Waals surface area contributed by atoms with Crippen molar-refractivity contribution in [1.82, 2.24) is 19.2 Å². The molecule has 9 heteroatoms. The van der Waals surface area contributed by atoms with E-state index in [0.717, 1.165) is 0 Å². The molecule has 0 aromatic carbocycles. The van der Waals surface area contributed by atoms with Gasteiger partial charge in [0.1, 0.15) is 0 Å². The highest BCUT2D eigenvalue weighted by molar-refractivity contribution is 7.87. The average molecular weight is 263 g/mol. The average Bonchev–Trinajstić information content (AvgIpc) is 2.78. The third-order valence-corrected chi connectivity index (χ3v) is 3.69. The van der Waals surface area contributed by atoms with E-state index in [1.54, 1.807) is 0 Å². The lowest BCUT2D eigenvalue weighted by Crippen LogP contribution is -2.40. The minimum absolute atomic E-state index is 0.220. The largest absolute Gasteiger partial charge is 0.340 e. The standard InChI is InChI=1S/C8H17N5O3S/c1-13(6-2-4-9)17(14,15)12-5-3-8-10-7-11-16-8/h7,12H,2-6,9H2,1H3. The summed E-state index contributed by atoms with van der Waals surface area (Å²) in [4.78, 5) is 3.79. The first-order chi connectivity index (χ1) is 8.06. The fourth-order valence-electron chi connectivity index (χ4n) is 1.14. The first-order valence-electron chi connectivity index (χ1n) is 5.23. The number of rotatable bonds is 8. The van der Waals surface area contributed by atoms with Crippen LogP contribution >= 0.6 is 0 Å². The van der Waals surface area contributed by atoms with Crippen LogP contribution in [-0.4, -0.2) is 49.5 Å². The predicted molar refractivity (Wildman–Crippen MR) is 61.2 cm³/mol. The van der Waals surface area contributed by atoms with Gasteiger partial charge in [0, 0.05) is 26.6 Å². The van der Waals surface area contributed by atoms with Crippen molar-refractivity contribution in [3.05, 3.63) is 12.2 Å². The molecule has 0 amide bonds. The molecule has 0 unspecified atom stereocenters. The van der Waals surface area contributed by atoms with E-state index >= 15 is 0 Å². The quantitative estimate of drug-likeness (QED) is 0.604. The molecule has 0 aliphatic carbocycles. The van der Waals surface area contributed by atoms with Gasteiger partial charge in [0.25, 0.3) is 10.2 Å². The molecule has 1 aromatic heterocycles. The summed E-state index contributed by atoms with van der Waals surface area (Å²) in [5.74, 6) is 0.400. The number of hydrogen-bond acceptors (Lipinski definition) is 6. The Morgan fingerprint density at radius 1 is 1.59 bits per heavy atom. The maximum atomic E-state index is 11.7. The van der Waals surface area contributed by atoms with Gasteiger partial charge in [-0.3, -0.25) is 0 Å². The zero-order chi connectivity index (χ0) is 12.7. The molecule has 0 radical (unpaired) electrons. The monoisotopic (exact) mass is 263 g/mol. The molecule has 1 rings (SSSR count). The number of aromatic nitrogens is 2. The normalized spacial score (nSPS) is 12.2. The lowest BCUT2D eigenvalue weighted by molar-refractivity contribution is 0.376. The van der Waals surface area contributed by atoms with Gasteiger partial charge in [-0.1, -0.05) is 5.16 Å². The number of nitrogens with one attached hydrogen (secondary N) is 1. The van der Waals surface area contributed by atoms with Crippen LogP contribution < -0.4 is 10.5 Å². The van der Waals surface area contributed by atoms with Crippen molar-refractivity contribution in [1.29, 1.82) is 0 Å². The molecule has 8 nitrogen and oxygen atoms in total. The summed E-state index contributed by atoms with van der Waals surface area (Å²) in [6.45, 7) is 1.08. The van der Waals surface area contributed by atoms with Crippen LogP contribution in [0.3, 0.4) is 0 Å². The summed E-state index contributed by atoms with van der Waals surface area (Å²) in [6, 6.07) is 0. The molecular formula is C8H17N5O3S. The second-order valence-corrected chi connectivity index (χ2v) is 5.31. The molecule has 0 fully saturated rings. The first kappa shape index (κ1) is 14.0. The highest BCUT2D eigenvalue weighted by Gasteiger charge is 2.16. The summed E-state index contributed by atoms with van der Waals surface area (Å²) < 4.78 is 31.8. The molecule has 0 spiro atoms. The fraction of sp³-hybridized carbons (Fsp3) is 0.750. The Balaban J connectivity index is 2.33. The molecular weight excluding hydrogens is 246 g/mol. The van der Waals surface area contributed by atoms with E-state index in [1.807, 2.05) is 0 Å². The second kappa shape index (κ2) is 6.64. The van der Waals surface area contributed by atoms with Gasteiger partial charge in [-0.25, -0.2) is 4.72 Å². The van der Waals surface area contributed by atoms with E-state index in [-0.39, 0.29) is 6.54 Å². The summed E-state index contributed by atoms with van der Waals surface area (Å²) in [6.07, 6.45) is 2.27. The zero-order valence-corrected chi connectivity index (χ0v) is 10.5. The first-order valence-corrected chi connectivity index (χ1v) is 6.67. The van der Waals surface area contributed by atoms with E-state index in [1.165, 1.54) is 17.7 Å². The lowest BCUT2D eigenvalue weighted by atomic mass is 10.4. The molecule has 98 valence electrons. The molecule has 0 saturated heterocycles. The Bertz CT molecular complexity index is 405. The van der Waals surface area contributed by atoms with Crippen molar-refractivity contribution in [3.8, 4) is 0 Å². The molecule has 0 aliphatic rings. The molecule has 1 heterocycles. The molecule has 0 saturated carbocycles. The van der Waals surface area contributed by atoms with Gasteiger partial charge >= 0.3 is 0 Å². The SMILES string of the molecule is CN(CCCN)S(=O)(=O)NCCc1ncno1. The van der Waals surface area contributed by atoms with Crippen LogP contribution in [0.2, 0.25) is 0 Å². The highest BCUT2D eigenvalue weighted by Crippen LogP contribution is 1.96. The summed E-state index contributed by atoms with van der Waals surface area (Å²) in [5, 5.41) is 3.43. The number of hydrogen-bond donors (Lipinski definition) is 2. The molecule has 3 N–H and O–H groups in total. The second-order valence-electron chi connectivity index (χ2n) is 3.45. The van der Waals surface area contributed by atoms with Gasteiger partial charge in [-0.15, -0.1) is 0 Å². The minimum atomic E-state index is -3.45. The van der Waals surface area contributed by atoms with Crippen molar-refractivity contribution in [2.24, 2.45) is 5.73 Å². The minimum Gasteiger partial charge on any atom is -0.340 e. The van der Waals surface area contributed by atoms with Gasteiger partial charge in [0.15, 0.2) is 6.33 Å². The van der Waals surface area contributed by atoms with E-state index in [9.17, 15) is 8.42 Å². The fourth-order valence-corrected chi connectivity index (χ4v) is 2.09. The third kappa shape index (κ3) is 4.77. The summed E-state index contributed by atoms with van der Waals surface area (Å²) in [7, 11) is -1.94. The van der Waals surface area contributed by atoms with Crippen LogP contribution in [0, 0.1) is 0 Å². The van der Waals surface area contributed by atoms with Crippen molar-refractivity contribution in [3.63, 3.8) is 0 Å². The van der Waals surface area contributed by atoms with E-state index in [0.29, 0.717) is 31.8 Å². The van der Waals surface area contributed by atoms with Gasteiger partial charge < -0.3 is 10.3 Å². The smallest absolute Gasteiger partial charge is 0.279 e. The van der Waals surface area contributed by atoms with Crippen molar-refractivity contribution < 1.29 is 12.9 Å². The van der Waals surface area contributed by atoms with Crippen molar-refractivity contribution in [2.45, 2.75) is 12.8 Å². The zero-order valence-electron chi connectivity index (χ0n) is 9.66. The van der Waals surface area contributed by atoms with Crippen LogP contribution in [-0.2, 0) is 16.6 Å². The van der Waals surface area contributed by atoms with Crippen LogP contribution in [0.5, 0.6) is 0 Å². The maximum absolute atomic E-state index is 11.7. The molecule has 17 heavy (non-hydrogen) atoms. The van der Waals surface area contributed by atoms with Gasteiger partial charge in [0.05, 0.1) is 0 Å². The molecule has 0 atom stereocenters. The molecule has 1 aromatic rings. The van der Waals surface area contributed by atoms with Gasteiger partial charge in [-0.2, -0.15) is 17.7 Å². The van der Waals surface area contributed by atoms with E-state index in [2.05, 4.69) is 14.9 Å². The van der Waals surface area contributed by atoms with Crippen molar-refractivity contribution >= 4 is 10.2 Å². The van der Waals surface area contributed by atoms with Gasteiger partial charge in [-0.05, 0) is 13.0 Å². The lowest BCUT2D eigenvalue weighted by Gasteiger charge is -2.16. The Labute approximate surface area is 100 Å². The third-order valence-electron chi connectivity index (χ3n) is 2.12. The van der Waals surface area contributed by atoms with Crippen LogP contribution in [0.15, 0.2) is 10.9 Å². The molecule has 0 aliphatic heterocycles. The van der Waals surface area contributed by atoms with Crippen LogP contribution in [0.25, 0.3) is 0 Å². The Morgan fingerprint density at radius 3 is 2.94 bits per heavy atom. The number of nitrogens with zero attached hydrogens (tertiary/aromatic N) is 3. The Hall–Kier alpha value is -1.03.